The van der Waals surface area contributed by atoms with E-state index in [4.69, 9.17) is 5.73 Å². The summed E-state index contributed by atoms with van der Waals surface area (Å²) in [4.78, 5) is 4.58. The van der Waals surface area contributed by atoms with Gasteiger partial charge in [-0.2, -0.15) is 11.8 Å². The van der Waals surface area contributed by atoms with Crippen LogP contribution in [0.15, 0.2) is 0 Å². The maximum absolute atomic E-state index is 5.76. The van der Waals surface area contributed by atoms with Crippen molar-refractivity contribution < 1.29 is 0 Å². The molecule has 3 nitrogen and oxygen atoms in total. The Labute approximate surface area is 93.0 Å². The molecule has 4 heteroatoms. The van der Waals surface area contributed by atoms with E-state index in [1.54, 1.807) is 0 Å². The fourth-order valence-electron chi connectivity index (χ4n) is 1.31. The molecule has 0 aliphatic rings. The summed E-state index contributed by atoms with van der Waals surface area (Å²) < 4.78 is 0. The molecule has 0 heterocycles. The number of likely N-dealkylation sites (N-methyl/N-ethyl adjacent to an activating group) is 2. The van der Waals surface area contributed by atoms with Crippen LogP contribution in [-0.4, -0.2) is 68.6 Å². The van der Waals surface area contributed by atoms with Crippen LogP contribution in [0.25, 0.3) is 0 Å². The fourth-order valence-corrected chi connectivity index (χ4v) is 1.82. The Hall–Kier alpha value is 0.230. The summed E-state index contributed by atoms with van der Waals surface area (Å²) in [5, 5.41) is 0. The summed E-state index contributed by atoms with van der Waals surface area (Å²) in [6.45, 7) is 2.97. The van der Waals surface area contributed by atoms with Crippen molar-refractivity contribution in [2.75, 3.05) is 52.8 Å². The van der Waals surface area contributed by atoms with Gasteiger partial charge in [0, 0.05) is 25.7 Å². The van der Waals surface area contributed by atoms with Crippen molar-refractivity contribution in [3.05, 3.63) is 0 Å². The third kappa shape index (κ3) is 6.65. The minimum Gasteiger partial charge on any atom is -0.329 e. The van der Waals surface area contributed by atoms with E-state index in [2.05, 4.69) is 37.2 Å². The lowest BCUT2D eigenvalue weighted by Gasteiger charge is -2.27. The fraction of sp³-hybridized carbons (Fsp3) is 1.00. The third-order valence-corrected chi connectivity index (χ3v) is 3.09. The van der Waals surface area contributed by atoms with E-state index >= 15 is 0 Å². The van der Waals surface area contributed by atoms with E-state index in [9.17, 15) is 0 Å². The van der Waals surface area contributed by atoms with Crippen molar-refractivity contribution in [2.24, 2.45) is 5.73 Å². The Balaban J connectivity index is 3.72. The van der Waals surface area contributed by atoms with E-state index in [1.165, 1.54) is 12.2 Å². The molecule has 2 N–H and O–H groups in total. The standard InChI is InChI=1S/C10H25N3S/c1-12(2)6-7-13(3)10(9-11)5-8-14-4/h10H,5-9,11H2,1-4H3. The molecule has 1 unspecified atom stereocenters. The summed E-state index contributed by atoms with van der Waals surface area (Å²) in [5.41, 5.74) is 5.76. The molecule has 0 rings (SSSR count). The van der Waals surface area contributed by atoms with E-state index in [-0.39, 0.29) is 0 Å². The maximum Gasteiger partial charge on any atom is 0.0223 e. The monoisotopic (exact) mass is 219 g/mol. The van der Waals surface area contributed by atoms with Gasteiger partial charge in [-0.15, -0.1) is 0 Å². The van der Waals surface area contributed by atoms with Gasteiger partial charge >= 0.3 is 0 Å². The second kappa shape index (κ2) is 8.53. The van der Waals surface area contributed by atoms with Gasteiger partial charge in [-0.05, 0) is 39.6 Å². The van der Waals surface area contributed by atoms with Gasteiger partial charge in [0.1, 0.15) is 0 Å². The van der Waals surface area contributed by atoms with Crippen molar-refractivity contribution in [1.29, 1.82) is 0 Å². The lowest BCUT2D eigenvalue weighted by molar-refractivity contribution is 0.217. The second-order valence-electron chi connectivity index (χ2n) is 3.95. The first-order valence-corrected chi connectivity index (χ1v) is 6.55. The molecule has 0 saturated carbocycles. The van der Waals surface area contributed by atoms with Gasteiger partial charge in [0.2, 0.25) is 0 Å². The Morgan fingerprint density at radius 3 is 2.29 bits per heavy atom. The van der Waals surface area contributed by atoms with Gasteiger partial charge in [0.15, 0.2) is 0 Å². The number of nitrogens with zero attached hydrogens (tertiary/aromatic N) is 2. The van der Waals surface area contributed by atoms with Gasteiger partial charge in [-0.25, -0.2) is 0 Å². The molecule has 0 aromatic heterocycles. The zero-order valence-electron chi connectivity index (χ0n) is 9.99. The summed E-state index contributed by atoms with van der Waals surface area (Å²) >= 11 is 1.89. The molecule has 0 radical (unpaired) electrons. The van der Waals surface area contributed by atoms with Crippen molar-refractivity contribution in [2.45, 2.75) is 12.5 Å². The van der Waals surface area contributed by atoms with Crippen LogP contribution in [0, 0.1) is 0 Å². The van der Waals surface area contributed by atoms with Crippen molar-refractivity contribution >= 4 is 11.8 Å². The molecule has 0 spiro atoms. The molecule has 0 fully saturated rings. The summed E-state index contributed by atoms with van der Waals surface area (Å²) in [6, 6.07) is 0.544. The predicted molar refractivity (Wildman–Crippen MR) is 67.0 cm³/mol. The Morgan fingerprint density at radius 1 is 1.21 bits per heavy atom. The smallest absolute Gasteiger partial charge is 0.0223 e. The minimum atomic E-state index is 0.544. The zero-order chi connectivity index (χ0) is 11.0. The van der Waals surface area contributed by atoms with Crippen molar-refractivity contribution in [3.8, 4) is 0 Å². The molecule has 0 bridgehead atoms. The van der Waals surface area contributed by atoms with Crippen LogP contribution in [0.3, 0.4) is 0 Å². The van der Waals surface area contributed by atoms with E-state index in [1.807, 2.05) is 11.8 Å². The largest absolute Gasteiger partial charge is 0.329 e. The quantitative estimate of drug-likeness (QED) is 0.647. The molecule has 86 valence electrons. The molecule has 14 heavy (non-hydrogen) atoms. The van der Waals surface area contributed by atoms with Crippen molar-refractivity contribution in [3.63, 3.8) is 0 Å². The van der Waals surface area contributed by atoms with Gasteiger partial charge in [-0.3, -0.25) is 0 Å². The topological polar surface area (TPSA) is 32.5 Å². The van der Waals surface area contributed by atoms with Gasteiger partial charge < -0.3 is 15.5 Å². The number of thioether (sulfide) groups is 1. The van der Waals surface area contributed by atoms with Crippen LogP contribution < -0.4 is 5.73 Å². The van der Waals surface area contributed by atoms with Crippen LogP contribution >= 0.6 is 11.8 Å². The SMILES string of the molecule is CSCCC(CN)N(C)CCN(C)C. The lowest BCUT2D eigenvalue weighted by atomic mass is 10.2. The van der Waals surface area contributed by atoms with Gasteiger partial charge in [0.05, 0.1) is 0 Å². The Morgan fingerprint density at radius 2 is 1.86 bits per heavy atom. The van der Waals surface area contributed by atoms with E-state index < -0.39 is 0 Å². The highest BCUT2D eigenvalue weighted by atomic mass is 32.2. The molecule has 0 aromatic rings. The number of hydrogen-bond acceptors (Lipinski definition) is 4. The van der Waals surface area contributed by atoms with Crippen LogP contribution in [0.2, 0.25) is 0 Å². The van der Waals surface area contributed by atoms with Crippen LogP contribution in [-0.2, 0) is 0 Å². The average Bonchev–Trinajstić information content (AvgIpc) is 2.16. The van der Waals surface area contributed by atoms with E-state index in [0.717, 1.165) is 19.6 Å². The molecule has 0 aromatic carbocycles. The number of nitrogens with two attached hydrogens (primary N) is 1. The van der Waals surface area contributed by atoms with Crippen LogP contribution in [0.5, 0.6) is 0 Å². The first-order valence-electron chi connectivity index (χ1n) is 5.15. The molecule has 0 amide bonds. The third-order valence-electron chi connectivity index (χ3n) is 2.45. The van der Waals surface area contributed by atoms with Crippen LogP contribution in [0.1, 0.15) is 6.42 Å². The second-order valence-corrected chi connectivity index (χ2v) is 4.94. The lowest BCUT2D eigenvalue weighted by Crippen LogP contribution is -2.41. The molecule has 0 aliphatic carbocycles. The highest BCUT2D eigenvalue weighted by molar-refractivity contribution is 7.98. The van der Waals surface area contributed by atoms with Gasteiger partial charge in [0.25, 0.3) is 0 Å². The molecule has 0 aliphatic heterocycles. The molecule has 0 saturated heterocycles. The highest BCUT2D eigenvalue weighted by Gasteiger charge is 2.11. The van der Waals surface area contributed by atoms with Crippen molar-refractivity contribution in [1.82, 2.24) is 9.80 Å². The summed E-state index contributed by atoms with van der Waals surface area (Å²) in [7, 11) is 6.38. The summed E-state index contributed by atoms with van der Waals surface area (Å²) in [5.74, 6) is 1.20. The number of rotatable bonds is 8. The molecular weight excluding hydrogens is 194 g/mol. The van der Waals surface area contributed by atoms with Gasteiger partial charge in [-0.1, -0.05) is 0 Å². The first kappa shape index (κ1) is 14.2. The zero-order valence-corrected chi connectivity index (χ0v) is 10.8. The highest BCUT2D eigenvalue weighted by Crippen LogP contribution is 2.05. The normalized spacial score (nSPS) is 13.9. The van der Waals surface area contributed by atoms with E-state index in [0.29, 0.717) is 6.04 Å². The summed E-state index contributed by atoms with van der Waals surface area (Å²) in [6.07, 6.45) is 3.34. The molecule has 1 atom stereocenters. The average molecular weight is 219 g/mol. The Kier molecular flexibility index (Phi) is 8.67. The Bertz CT molecular complexity index is 131. The van der Waals surface area contributed by atoms with Crippen LogP contribution in [0.4, 0.5) is 0 Å². The minimum absolute atomic E-state index is 0.544. The maximum atomic E-state index is 5.76. The predicted octanol–water partition coefficient (Wildman–Crippen LogP) is 0.560. The first-order chi connectivity index (χ1) is 6.61. The molecular formula is C10H25N3S. The number of hydrogen-bond donors (Lipinski definition) is 1.